The number of H-pyrrole nitrogens is 1. The molecule has 7 nitrogen and oxygen atoms in total. The molecule has 98 valence electrons. The lowest BCUT2D eigenvalue weighted by Crippen LogP contribution is -2.34. The molecule has 0 aliphatic carbocycles. The molecule has 2 N–H and O–H groups in total. The van der Waals surface area contributed by atoms with E-state index in [0.29, 0.717) is 11.6 Å². The number of hydrogen-bond acceptors (Lipinski definition) is 5. The molecule has 7 heteroatoms. The van der Waals surface area contributed by atoms with Gasteiger partial charge in [0, 0.05) is 0 Å². The minimum absolute atomic E-state index is 0.242. The van der Waals surface area contributed by atoms with Gasteiger partial charge >= 0.3 is 0 Å². The molecule has 0 bridgehead atoms. The summed E-state index contributed by atoms with van der Waals surface area (Å²) in [6.07, 6.45) is 5.83. The fraction of sp³-hybridized carbons (Fsp3) is 0.500. The van der Waals surface area contributed by atoms with Gasteiger partial charge in [-0.15, -0.1) is 10.2 Å². The van der Waals surface area contributed by atoms with Crippen molar-refractivity contribution in [2.45, 2.75) is 25.8 Å². The highest BCUT2D eigenvalue weighted by molar-refractivity contribution is 5.84. The van der Waals surface area contributed by atoms with E-state index in [2.05, 4.69) is 37.4 Å². The lowest BCUT2D eigenvalue weighted by Gasteiger charge is -2.28. The molecule has 0 radical (unpaired) electrons. The summed E-state index contributed by atoms with van der Waals surface area (Å²) in [6, 6.07) is 0.242. The molecule has 2 unspecified atom stereocenters. The van der Waals surface area contributed by atoms with Gasteiger partial charge < -0.3 is 10.3 Å². The number of nitrogens with one attached hydrogen (secondary N) is 2. The van der Waals surface area contributed by atoms with Crippen molar-refractivity contribution in [3.8, 4) is 0 Å². The quantitative estimate of drug-likeness (QED) is 0.681. The highest BCUT2D eigenvalue weighted by Gasteiger charge is 2.27. The first-order valence-corrected chi connectivity index (χ1v) is 6.60. The second-order valence-corrected chi connectivity index (χ2v) is 5.15. The molecular weight excluding hydrogens is 242 g/mol. The van der Waals surface area contributed by atoms with Crippen LogP contribution in [0.2, 0.25) is 0 Å². The standard InChI is InChI=1S/C12H15N7/c1-7-3-2-4-13-8(7)11-17-18-12-9-10(15-5-14-9)16-6-19(11)12/h5-8,13H,2-4H2,1H3,(H,14,15). The van der Waals surface area contributed by atoms with Gasteiger partial charge in [-0.05, 0) is 25.3 Å². The third-order valence-electron chi connectivity index (χ3n) is 3.91. The smallest absolute Gasteiger partial charge is 0.189 e. The van der Waals surface area contributed by atoms with Crippen LogP contribution in [0.25, 0.3) is 16.8 Å². The molecule has 4 rings (SSSR count). The van der Waals surface area contributed by atoms with E-state index >= 15 is 0 Å². The van der Waals surface area contributed by atoms with Crippen molar-refractivity contribution >= 4 is 16.8 Å². The Hall–Kier alpha value is -2.02. The molecule has 3 aromatic heterocycles. The average Bonchev–Trinajstić information content (AvgIpc) is 3.04. The minimum atomic E-state index is 0.242. The van der Waals surface area contributed by atoms with Crippen LogP contribution in [0.1, 0.15) is 31.6 Å². The number of rotatable bonds is 1. The predicted molar refractivity (Wildman–Crippen MR) is 69.6 cm³/mol. The first-order chi connectivity index (χ1) is 9.34. The van der Waals surface area contributed by atoms with Crippen LogP contribution < -0.4 is 5.32 Å². The van der Waals surface area contributed by atoms with Crippen LogP contribution in [-0.4, -0.2) is 36.1 Å². The Morgan fingerprint density at radius 2 is 2.26 bits per heavy atom. The monoisotopic (exact) mass is 257 g/mol. The summed E-state index contributed by atoms with van der Waals surface area (Å²) in [5, 5.41) is 12.2. The highest BCUT2D eigenvalue weighted by atomic mass is 15.3. The van der Waals surface area contributed by atoms with Crippen molar-refractivity contribution < 1.29 is 0 Å². The number of aromatic nitrogens is 6. The SMILES string of the molecule is CC1CCCNC1c1nnc2c3[nH]cnc3ncn12. The minimum Gasteiger partial charge on any atom is -0.340 e. The lowest BCUT2D eigenvalue weighted by atomic mass is 9.92. The number of hydrogen-bond donors (Lipinski definition) is 2. The lowest BCUT2D eigenvalue weighted by molar-refractivity contribution is 0.293. The summed E-state index contributed by atoms with van der Waals surface area (Å²) in [7, 11) is 0. The molecule has 1 saturated heterocycles. The Bertz CT molecular complexity index is 728. The second kappa shape index (κ2) is 3.99. The molecule has 1 aliphatic heterocycles. The van der Waals surface area contributed by atoms with E-state index in [9.17, 15) is 0 Å². The van der Waals surface area contributed by atoms with Crippen LogP contribution in [-0.2, 0) is 0 Å². The number of piperidine rings is 1. The molecule has 19 heavy (non-hydrogen) atoms. The van der Waals surface area contributed by atoms with Crippen molar-refractivity contribution in [2.75, 3.05) is 6.54 Å². The molecule has 0 saturated carbocycles. The topological polar surface area (TPSA) is 83.8 Å². The molecular formula is C12H15N7. The first-order valence-electron chi connectivity index (χ1n) is 6.60. The van der Waals surface area contributed by atoms with Crippen molar-refractivity contribution in [2.24, 2.45) is 5.92 Å². The number of nitrogens with zero attached hydrogens (tertiary/aromatic N) is 5. The maximum atomic E-state index is 4.36. The van der Waals surface area contributed by atoms with Gasteiger partial charge in [0.15, 0.2) is 17.1 Å². The molecule has 1 aliphatic rings. The maximum Gasteiger partial charge on any atom is 0.189 e. The van der Waals surface area contributed by atoms with E-state index < -0.39 is 0 Å². The molecule has 3 aromatic rings. The van der Waals surface area contributed by atoms with Crippen LogP contribution in [0.15, 0.2) is 12.7 Å². The maximum absolute atomic E-state index is 4.36. The van der Waals surface area contributed by atoms with Gasteiger partial charge in [0.05, 0.1) is 12.4 Å². The van der Waals surface area contributed by atoms with Crippen molar-refractivity contribution in [1.29, 1.82) is 0 Å². The van der Waals surface area contributed by atoms with Gasteiger partial charge in [-0.2, -0.15) is 0 Å². The second-order valence-electron chi connectivity index (χ2n) is 5.15. The van der Waals surface area contributed by atoms with E-state index in [0.717, 1.165) is 23.5 Å². The normalized spacial score (nSPS) is 24.3. The van der Waals surface area contributed by atoms with Crippen molar-refractivity contribution in [1.82, 2.24) is 34.9 Å². The largest absolute Gasteiger partial charge is 0.340 e. The molecule has 4 heterocycles. The van der Waals surface area contributed by atoms with E-state index in [4.69, 9.17) is 0 Å². The van der Waals surface area contributed by atoms with Gasteiger partial charge in [-0.3, -0.25) is 4.40 Å². The first kappa shape index (κ1) is 10.9. The van der Waals surface area contributed by atoms with E-state index in [-0.39, 0.29) is 6.04 Å². The predicted octanol–water partition coefficient (Wildman–Crippen LogP) is 1.06. The Kier molecular flexibility index (Phi) is 2.28. The Balaban J connectivity index is 1.90. The Morgan fingerprint density at radius 1 is 1.32 bits per heavy atom. The van der Waals surface area contributed by atoms with Crippen LogP contribution in [0.3, 0.4) is 0 Å². The third kappa shape index (κ3) is 1.54. The van der Waals surface area contributed by atoms with Crippen LogP contribution in [0.5, 0.6) is 0 Å². The fourth-order valence-corrected chi connectivity index (χ4v) is 2.86. The number of imidazole rings is 1. The summed E-state index contributed by atoms with van der Waals surface area (Å²) in [6.45, 7) is 3.28. The van der Waals surface area contributed by atoms with Crippen LogP contribution in [0, 0.1) is 5.92 Å². The summed E-state index contributed by atoms with van der Waals surface area (Å²) in [4.78, 5) is 11.5. The van der Waals surface area contributed by atoms with E-state index in [1.807, 2.05) is 4.40 Å². The number of aromatic amines is 1. The van der Waals surface area contributed by atoms with Gasteiger partial charge in [-0.25, -0.2) is 9.97 Å². The summed E-state index contributed by atoms with van der Waals surface area (Å²) in [5.74, 6) is 1.49. The third-order valence-corrected chi connectivity index (χ3v) is 3.91. The zero-order chi connectivity index (χ0) is 12.8. The highest BCUT2D eigenvalue weighted by Crippen LogP contribution is 2.28. The van der Waals surface area contributed by atoms with Crippen LogP contribution >= 0.6 is 0 Å². The van der Waals surface area contributed by atoms with Crippen molar-refractivity contribution in [3.05, 3.63) is 18.5 Å². The summed E-state index contributed by atoms with van der Waals surface area (Å²) in [5.41, 5.74) is 2.30. The Labute approximate surface area is 109 Å². The molecule has 0 spiro atoms. The van der Waals surface area contributed by atoms with Gasteiger partial charge in [0.1, 0.15) is 11.8 Å². The molecule has 0 aromatic carbocycles. The average molecular weight is 257 g/mol. The zero-order valence-electron chi connectivity index (χ0n) is 10.7. The summed E-state index contributed by atoms with van der Waals surface area (Å²) < 4.78 is 1.96. The molecule has 2 atom stereocenters. The molecule has 0 amide bonds. The van der Waals surface area contributed by atoms with E-state index in [1.165, 1.54) is 12.8 Å². The summed E-state index contributed by atoms with van der Waals surface area (Å²) >= 11 is 0. The van der Waals surface area contributed by atoms with E-state index in [1.54, 1.807) is 12.7 Å². The van der Waals surface area contributed by atoms with Gasteiger partial charge in [0.25, 0.3) is 0 Å². The fourth-order valence-electron chi connectivity index (χ4n) is 2.86. The number of fused-ring (bicyclic) bond motifs is 3. The Morgan fingerprint density at radius 3 is 3.16 bits per heavy atom. The zero-order valence-corrected chi connectivity index (χ0v) is 10.7. The molecule has 1 fully saturated rings. The van der Waals surface area contributed by atoms with Crippen molar-refractivity contribution in [3.63, 3.8) is 0 Å². The van der Waals surface area contributed by atoms with Gasteiger partial charge in [0.2, 0.25) is 0 Å². The van der Waals surface area contributed by atoms with Crippen LogP contribution in [0.4, 0.5) is 0 Å². The van der Waals surface area contributed by atoms with Gasteiger partial charge in [-0.1, -0.05) is 6.92 Å².